The number of amides is 1. The zero-order valence-electron chi connectivity index (χ0n) is 17.8. The molecule has 1 aliphatic rings. The molecular formula is C24H28N6O. The first-order chi connectivity index (χ1) is 15.2. The van der Waals surface area contributed by atoms with Crippen LogP contribution in [-0.2, 0) is 0 Å². The molecule has 160 valence electrons. The van der Waals surface area contributed by atoms with Gasteiger partial charge in [0.1, 0.15) is 0 Å². The van der Waals surface area contributed by atoms with Crippen LogP contribution in [-0.4, -0.2) is 72.0 Å². The highest BCUT2D eigenvalue weighted by Crippen LogP contribution is 2.19. The summed E-state index contributed by atoms with van der Waals surface area (Å²) in [5, 5.41) is 6.20. The average molecular weight is 417 g/mol. The molecule has 31 heavy (non-hydrogen) atoms. The topological polar surface area (TPSA) is 73.4 Å². The maximum Gasteiger partial charge on any atom is 0.251 e. The van der Waals surface area contributed by atoms with Gasteiger partial charge < -0.3 is 15.5 Å². The number of hydrogen-bond acceptors (Lipinski definition) is 6. The Bertz CT molecular complexity index is 984. The minimum atomic E-state index is -0.0712. The summed E-state index contributed by atoms with van der Waals surface area (Å²) in [6.07, 6.45) is 3.58. The molecule has 0 bridgehead atoms. The average Bonchev–Trinajstić information content (AvgIpc) is 2.81. The number of piperazine rings is 1. The van der Waals surface area contributed by atoms with Crippen LogP contribution in [0.15, 0.2) is 67.0 Å². The van der Waals surface area contributed by atoms with Crippen LogP contribution in [0.2, 0.25) is 0 Å². The lowest BCUT2D eigenvalue weighted by atomic mass is 10.1. The maximum atomic E-state index is 12.5. The Balaban J connectivity index is 1.31. The van der Waals surface area contributed by atoms with Gasteiger partial charge in [0.05, 0.1) is 0 Å². The zero-order valence-corrected chi connectivity index (χ0v) is 17.8. The van der Waals surface area contributed by atoms with E-state index in [4.69, 9.17) is 0 Å². The number of benzene rings is 2. The van der Waals surface area contributed by atoms with Gasteiger partial charge in [-0.15, -0.1) is 0 Å². The third-order valence-electron chi connectivity index (χ3n) is 5.45. The van der Waals surface area contributed by atoms with Gasteiger partial charge in [-0.1, -0.05) is 36.4 Å². The molecule has 4 rings (SSSR count). The molecule has 2 heterocycles. The van der Waals surface area contributed by atoms with Crippen molar-refractivity contribution in [2.45, 2.75) is 0 Å². The minimum absolute atomic E-state index is 0.0712. The second-order valence-electron chi connectivity index (χ2n) is 7.77. The van der Waals surface area contributed by atoms with Crippen LogP contribution < -0.4 is 10.6 Å². The molecule has 0 radical (unpaired) electrons. The number of rotatable bonds is 7. The summed E-state index contributed by atoms with van der Waals surface area (Å²) in [7, 11) is 2.14. The second-order valence-corrected chi connectivity index (χ2v) is 7.77. The number of hydrogen-bond donors (Lipinski definition) is 2. The molecule has 0 saturated carbocycles. The largest absolute Gasteiger partial charge is 0.351 e. The lowest BCUT2D eigenvalue weighted by Gasteiger charge is -2.32. The first-order valence-corrected chi connectivity index (χ1v) is 10.6. The van der Waals surface area contributed by atoms with Crippen LogP contribution in [0, 0.1) is 0 Å². The highest BCUT2D eigenvalue weighted by atomic mass is 16.1. The van der Waals surface area contributed by atoms with Crippen LogP contribution >= 0.6 is 0 Å². The van der Waals surface area contributed by atoms with Crippen molar-refractivity contribution >= 4 is 17.5 Å². The molecule has 2 aromatic carbocycles. The second kappa shape index (κ2) is 10.1. The normalized spacial score (nSPS) is 14.9. The number of carbonyl (C=O) groups is 1. The van der Waals surface area contributed by atoms with Gasteiger partial charge >= 0.3 is 0 Å². The summed E-state index contributed by atoms with van der Waals surface area (Å²) in [6, 6.07) is 17.4. The molecule has 7 nitrogen and oxygen atoms in total. The first-order valence-electron chi connectivity index (χ1n) is 10.6. The molecular weight excluding hydrogens is 388 g/mol. The van der Waals surface area contributed by atoms with E-state index in [1.54, 1.807) is 12.4 Å². The van der Waals surface area contributed by atoms with Crippen LogP contribution in [0.5, 0.6) is 0 Å². The molecule has 3 aromatic rings. The van der Waals surface area contributed by atoms with E-state index in [1.807, 2.05) is 54.6 Å². The van der Waals surface area contributed by atoms with Crippen molar-refractivity contribution in [3.05, 3.63) is 72.6 Å². The number of aromatic nitrogens is 2. The van der Waals surface area contributed by atoms with E-state index in [0.717, 1.165) is 49.5 Å². The Kier molecular flexibility index (Phi) is 6.86. The molecule has 0 spiro atoms. The fraction of sp³-hybridized carbons (Fsp3) is 0.292. The van der Waals surface area contributed by atoms with Gasteiger partial charge in [-0.25, -0.2) is 9.97 Å². The number of nitrogens with one attached hydrogen (secondary N) is 2. The summed E-state index contributed by atoms with van der Waals surface area (Å²) in [5.74, 6) is 0.422. The minimum Gasteiger partial charge on any atom is -0.351 e. The fourth-order valence-corrected chi connectivity index (χ4v) is 3.54. The van der Waals surface area contributed by atoms with Crippen LogP contribution in [0.4, 0.5) is 11.6 Å². The molecule has 1 fully saturated rings. The van der Waals surface area contributed by atoms with Crippen molar-refractivity contribution in [3.63, 3.8) is 0 Å². The van der Waals surface area contributed by atoms with Crippen LogP contribution in [0.1, 0.15) is 10.4 Å². The predicted molar refractivity (Wildman–Crippen MR) is 123 cm³/mol. The lowest BCUT2D eigenvalue weighted by molar-refractivity contribution is 0.0941. The third kappa shape index (κ3) is 5.87. The van der Waals surface area contributed by atoms with E-state index in [9.17, 15) is 4.79 Å². The van der Waals surface area contributed by atoms with Gasteiger partial charge in [-0.3, -0.25) is 9.69 Å². The number of likely N-dealkylation sites (N-methyl/N-ethyl adjacent to an activating group) is 1. The van der Waals surface area contributed by atoms with Gasteiger partial charge in [0, 0.05) is 68.5 Å². The van der Waals surface area contributed by atoms with Crippen molar-refractivity contribution in [1.82, 2.24) is 25.1 Å². The first kappa shape index (κ1) is 21.0. The predicted octanol–water partition coefficient (Wildman–Crippen LogP) is 2.86. The Morgan fingerprint density at radius 3 is 2.42 bits per heavy atom. The molecule has 1 aromatic heterocycles. The highest BCUT2D eigenvalue weighted by molar-refractivity contribution is 5.95. The molecule has 1 amide bonds. The third-order valence-corrected chi connectivity index (χ3v) is 5.45. The van der Waals surface area contributed by atoms with E-state index in [1.165, 1.54) is 0 Å². The van der Waals surface area contributed by atoms with Crippen molar-refractivity contribution in [2.24, 2.45) is 0 Å². The van der Waals surface area contributed by atoms with Crippen LogP contribution in [0.25, 0.3) is 11.1 Å². The number of carbonyl (C=O) groups excluding carboxylic acids is 1. The molecule has 1 aliphatic heterocycles. The van der Waals surface area contributed by atoms with Crippen molar-refractivity contribution in [3.8, 4) is 11.1 Å². The monoisotopic (exact) mass is 416 g/mol. The zero-order chi connectivity index (χ0) is 21.5. The number of nitrogens with zero attached hydrogens (tertiary/aromatic N) is 4. The van der Waals surface area contributed by atoms with Crippen molar-refractivity contribution < 1.29 is 4.79 Å². The number of anilines is 2. The Hall–Kier alpha value is -3.29. The Morgan fingerprint density at radius 2 is 1.68 bits per heavy atom. The van der Waals surface area contributed by atoms with Gasteiger partial charge in [-0.2, -0.15) is 0 Å². The van der Waals surface area contributed by atoms with Gasteiger partial charge in [0.25, 0.3) is 5.91 Å². The summed E-state index contributed by atoms with van der Waals surface area (Å²) in [6.45, 7) is 5.78. The van der Waals surface area contributed by atoms with Gasteiger partial charge in [0.2, 0.25) is 5.95 Å². The molecule has 7 heteroatoms. The smallest absolute Gasteiger partial charge is 0.251 e. The SMILES string of the molecule is CN1CCN(CCNC(=O)c2cccc(Nc3ncc(-c4ccccc4)cn3)c2)CC1. The van der Waals surface area contributed by atoms with E-state index in [2.05, 4.69) is 37.4 Å². The summed E-state index contributed by atoms with van der Waals surface area (Å²) in [5.41, 5.74) is 3.42. The molecule has 0 atom stereocenters. The standard InChI is InChI=1S/C24H28N6O/c1-29-12-14-30(15-13-29)11-10-25-23(31)20-8-5-9-22(16-20)28-24-26-17-21(18-27-24)19-6-3-2-4-7-19/h2-9,16-18H,10-15H2,1H3,(H,25,31)(H,26,27,28). The summed E-state index contributed by atoms with van der Waals surface area (Å²) in [4.78, 5) is 26.1. The lowest BCUT2D eigenvalue weighted by Crippen LogP contribution is -2.46. The fourth-order valence-electron chi connectivity index (χ4n) is 3.54. The van der Waals surface area contributed by atoms with E-state index in [0.29, 0.717) is 18.1 Å². The summed E-state index contributed by atoms with van der Waals surface area (Å²) < 4.78 is 0. The molecule has 1 saturated heterocycles. The molecule has 0 aliphatic carbocycles. The van der Waals surface area contributed by atoms with Crippen molar-refractivity contribution in [2.75, 3.05) is 51.6 Å². The molecule has 2 N–H and O–H groups in total. The Morgan fingerprint density at radius 1 is 0.935 bits per heavy atom. The maximum absolute atomic E-state index is 12.5. The van der Waals surface area contributed by atoms with E-state index >= 15 is 0 Å². The highest BCUT2D eigenvalue weighted by Gasteiger charge is 2.14. The van der Waals surface area contributed by atoms with Gasteiger partial charge in [-0.05, 0) is 30.8 Å². The van der Waals surface area contributed by atoms with E-state index in [-0.39, 0.29) is 5.91 Å². The van der Waals surface area contributed by atoms with Crippen LogP contribution in [0.3, 0.4) is 0 Å². The van der Waals surface area contributed by atoms with Crippen molar-refractivity contribution in [1.29, 1.82) is 0 Å². The quantitative estimate of drug-likeness (QED) is 0.617. The Labute approximate surface area is 183 Å². The van der Waals surface area contributed by atoms with E-state index < -0.39 is 0 Å². The van der Waals surface area contributed by atoms with Gasteiger partial charge in [0.15, 0.2) is 0 Å². The molecule has 0 unspecified atom stereocenters. The summed E-state index contributed by atoms with van der Waals surface area (Å²) >= 11 is 0.